The Morgan fingerprint density at radius 3 is 2.26 bits per heavy atom. The van der Waals surface area contributed by atoms with Gasteiger partial charge in [-0.3, -0.25) is 10.1 Å². The highest BCUT2D eigenvalue weighted by molar-refractivity contribution is 6.67. The molecule has 19 heavy (non-hydrogen) atoms. The van der Waals surface area contributed by atoms with Crippen LogP contribution in [0.4, 0.5) is 5.69 Å². The molecule has 0 heterocycles. The monoisotopic (exact) mass is 314 g/mol. The van der Waals surface area contributed by atoms with Crippen LogP contribution in [0.25, 0.3) is 11.1 Å². The first-order chi connectivity index (χ1) is 8.89. The first kappa shape index (κ1) is 14.1. The zero-order valence-corrected chi connectivity index (χ0v) is 11.7. The third-order valence-electron chi connectivity index (χ3n) is 2.56. The Labute approximate surface area is 124 Å². The average molecular weight is 316 g/mol. The number of nitro groups is 1. The summed E-state index contributed by atoms with van der Waals surface area (Å²) in [7, 11) is 0. The highest BCUT2D eigenvalue weighted by atomic mass is 35.6. The van der Waals surface area contributed by atoms with Gasteiger partial charge in [0.15, 0.2) is 0 Å². The quantitative estimate of drug-likeness (QED) is 0.450. The van der Waals surface area contributed by atoms with Gasteiger partial charge in [-0.2, -0.15) is 0 Å². The largest absolute Gasteiger partial charge is 0.269 e. The van der Waals surface area contributed by atoms with Crippen molar-refractivity contribution in [3.8, 4) is 11.1 Å². The van der Waals surface area contributed by atoms with Gasteiger partial charge in [-0.15, -0.1) is 0 Å². The van der Waals surface area contributed by atoms with Gasteiger partial charge in [0.1, 0.15) is 0 Å². The number of hydrogen-bond donors (Lipinski definition) is 0. The molecule has 2 aromatic rings. The Morgan fingerprint density at radius 2 is 1.74 bits per heavy atom. The summed E-state index contributed by atoms with van der Waals surface area (Å²) >= 11 is 17.7. The third kappa shape index (κ3) is 3.18. The molecule has 0 spiro atoms. The van der Waals surface area contributed by atoms with Crippen molar-refractivity contribution < 1.29 is 4.92 Å². The van der Waals surface area contributed by atoms with Crippen LogP contribution in [0.15, 0.2) is 42.5 Å². The Balaban J connectivity index is 2.50. The molecule has 0 aliphatic heterocycles. The molecule has 0 N–H and O–H groups in total. The minimum absolute atomic E-state index is 0.0154. The maximum absolute atomic E-state index is 10.6. The van der Waals surface area contributed by atoms with Crippen LogP contribution in [0, 0.1) is 16.2 Å². The van der Waals surface area contributed by atoms with Gasteiger partial charge in [0.05, 0.1) is 4.92 Å². The van der Waals surface area contributed by atoms with E-state index >= 15 is 0 Å². The summed E-state index contributed by atoms with van der Waals surface area (Å²) in [6, 6.07) is 13.9. The van der Waals surface area contributed by atoms with Crippen LogP contribution < -0.4 is 0 Å². The summed E-state index contributed by atoms with van der Waals surface area (Å²) in [6.45, 7) is 0. The van der Waals surface area contributed by atoms with Crippen molar-refractivity contribution in [2.24, 2.45) is 0 Å². The first-order valence-electron chi connectivity index (χ1n) is 5.22. The molecule has 0 aliphatic carbocycles. The number of alkyl halides is 3. The zero-order chi connectivity index (χ0) is 14.0. The van der Waals surface area contributed by atoms with Gasteiger partial charge in [-0.25, -0.2) is 0 Å². The second kappa shape index (κ2) is 5.37. The van der Waals surface area contributed by atoms with Crippen LogP contribution in [-0.2, 0) is 3.79 Å². The first-order valence-corrected chi connectivity index (χ1v) is 6.35. The Hall–Kier alpha value is -1.29. The predicted octanol–water partition coefficient (Wildman–Crippen LogP) is 4.89. The average Bonchev–Trinajstić information content (AvgIpc) is 2.38. The number of hydrogen-bond acceptors (Lipinski definition) is 2. The molecule has 1 radical (unpaired) electrons. The smallest absolute Gasteiger partial charge is 0.258 e. The second-order valence-corrected chi connectivity index (χ2v) is 6.05. The van der Waals surface area contributed by atoms with E-state index < -0.39 is 8.72 Å². The van der Waals surface area contributed by atoms with Crippen molar-refractivity contribution in [3.63, 3.8) is 0 Å². The predicted molar refractivity (Wildman–Crippen MR) is 76.6 cm³/mol. The molecule has 0 saturated heterocycles. The maximum atomic E-state index is 10.6. The summed E-state index contributed by atoms with van der Waals surface area (Å²) in [6.07, 6.45) is 0. The van der Waals surface area contributed by atoms with Gasteiger partial charge in [-0.05, 0) is 35.4 Å². The van der Waals surface area contributed by atoms with E-state index in [0.29, 0.717) is 11.1 Å². The number of rotatable bonds is 2. The van der Waals surface area contributed by atoms with E-state index in [9.17, 15) is 10.1 Å². The van der Waals surface area contributed by atoms with Gasteiger partial charge in [0.2, 0.25) is 3.79 Å². The fraction of sp³-hybridized carbons (Fsp3) is 0.0769. The molecule has 0 aromatic heterocycles. The fourth-order valence-electron chi connectivity index (χ4n) is 1.68. The van der Waals surface area contributed by atoms with Gasteiger partial charge in [-0.1, -0.05) is 46.9 Å². The van der Waals surface area contributed by atoms with Crippen molar-refractivity contribution in [1.82, 2.24) is 0 Å². The molecular weight excluding hydrogens is 309 g/mol. The topological polar surface area (TPSA) is 43.1 Å². The molecule has 3 nitrogen and oxygen atoms in total. The van der Waals surface area contributed by atoms with Crippen molar-refractivity contribution in [1.29, 1.82) is 0 Å². The lowest BCUT2D eigenvalue weighted by atomic mass is 10.0. The summed E-state index contributed by atoms with van der Waals surface area (Å²) in [5.41, 5.74) is 1.94. The fourth-order valence-corrected chi connectivity index (χ4v) is 2.15. The van der Waals surface area contributed by atoms with Crippen LogP contribution in [0.2, 0.25) is 0 Å². The van der Waals surface area contributed by atoms with E-state index in [-0.39, 0.29) is 5.69 Å². The molecular formula is C13H7Cl3NO2. The van der Waals surface area contributed by atoms with E-state index in [4.69, 9.17) is 34.8 Å². The molecule has 2 rings (SSSR count). The standard InChI is InChI=1S/C13H7Cl3NO2/c14-13(15,16)12-4-2-1-3-11(12)9-5-7-10(8-6-9)17(18)19/h1,3-8H. The molecule has 97 valence electrons. The van der Waals surface area contributed by atoms with E-state index in [0.717, 1.165) is 5.56 Å². The van der Waals surface area contributed by atoms with Crippen LogP contribution in [0.5, 0.6) is 0 Å². The van der Waals surface area contributed by atoms with Crippen molar-refractivity contribution in [3.05, 3.63) is 64.2 Å². The van der Waals surface area contributed by atoms with Crippen LogP contribution in [-0.4, -0.2) is 4.92 Å². The van der Waals surface area contributed by atoms with Crippen molar-refractivity contribution >= 4 is 40.5 Å². The lowest BCUT2D eigenvalue weighted by Crippen LogP contribution is -2.02. The molecule has 0 aliphatic rings. The summed E-state index contributed by atoms with van der Waals surface area (Å²) < 4.78 is -1.57. The normalized spacial score (nSPS) is 11.3. The van der Waals surface area contributed by atoms with Crippen LogP contribution in [0.3, 0.4) is 0 Å². The minimum Gasteiger partial charge on any atom is -0.258 e. The molecule has 0 bridgehead atoms. The van der Waals surface area contributed by atoms with Crippen LogP contribution in [0.1, 0.15) is 5.56 Å². The molecule has 0 amide bonds. The summed E-state index contributed by atoms with van der Waals surface area (Å²) in [5.74, 6) is 0. The molecule has 6 heteroatoms. The van der Waals surface area contributed by atoms with E-state index in [1.165, 1.54) is 12.1 Å². The number of halogens is 3. The maximum Gasteiger partial charge on any atom is 0.269 e. The highest BCUT2D eigenvalue weighted by Crippen LogP contribution is 2.43. The van der Waals surface area contributed by atoms with E-state index in [1.54, 1.807) is 30.3 Å². The molecule has 0 saturated carbocycles. The van der Waals surface area contributed by atoms with Gasteiger partial charge in [0, 0.05) is 17.7 Å². The molecule has 0 unspecified atom stereocenters. The van der Waals surface area contributed by atoms with Crippen LogP contribution >= 0.6 is 34.8 Å². The molecule has 2 aromatic carbocycles. The summed E-state index contributed by atoms with van der Waals surface area (Å²) in [5, 5.41) is 10.6. The van der Waals surface area contributed by atoms with Gasteiger partial charge >= 0.3 is 0 Å². The Morgan fingerprint density at radius 1 is 1.11 bits per heavy atom. The Bertz CT molecular complexity index is 606. The third-order valence-corrected chi connectivity index (χ3v) is 3.17. The van der Waals surface area contributed by atoms with Gasteiger partial charge in [0.25, 0.3) is 5.69 Å². The van der Waals surface area contributed by atoms with Gasteiger partial charge < -0.3 is 0 Å². The summed E-state index contributed by atoms with van der Waals surface area (Å²) in [4.78, 5) is 10.2. The second-order valence-electron chi connectivity index (χ2n) is 3.77. The lowest BCUT2D eigenvalue weighted by molar-refractivity contribution is -0.384. The van der Waals surface area contributed by atoms with Crippen molar-refractivity contribution in [2.45, 2.75) is 3.79 Å². The molecule has 0 atom stereocenters. The number of nitro benzene ring substituents is 1. The number of non-ortho nitro benzene ring substituents is 1. The van der Waals surface area contributed by atoms with E-state index in [2.05, 4.69) is 6.07 Å². The zero-order valence-electron chi connectivity index (χ0n) is 9.44. The van der Waals surface area contributed by atoms with E-state index in [1.807, 2.05) is 0 Å². The number of nitrogens with zero attached hydrogens (tertiary/aromatic N) is 1. The number of benzene rings is 2. The SMILES string of the molecule is O=[N+]([O-])c1ccc(-c2cc[c]cc2C(Cl)(Cl)Cl)cc1. The minimum atomic E-state index is -1.57. The highest BCUT2D eigenvalue weighted by Gasteiger charge is 2.26. The molecule has 0 fully saturated rings. The lowest BCUT2D eigenvalue weighted by Gasteiger charge is -2.16. The van der Waals surface area contributed by atoms with Crippen molar-refractivity contribution in [2.75, 3.05) is 0 Å². The Kier molecular flexibility index (Phi) is 3.99.